The smallest absolute Gasteiger partial charge is 0.0443 e. The van der Waals surface area contributed by atoms with E-state index >= 15 is 0 Å². The number of pyridine rings is 1. The van der Waals surface area contributed by atoms with Gasteiger partial charge in [0.1, 0.15) is 0 Å². The molecule has 2 rings (SSSR count). The lowest BCUT2D eigenvalue weighted by Gasteiger charge is -2.22. The van der Waals surface area contributed by atoms with E-state index in [9.17, 15) is 0 Å². The van der Waals surface area contributed by atoms with Gasteiger partial charge >= 0.3 is 0 Å². The third-order valence-corrected chi connectivity index (χ3v) is 4.90. The molecule has 1 fully saturated rings. The predicted octanol–water partition coefficient (Wildman–Crippen LogP) is 4.13. The molecule has 1 aliphatic carbocycles. The molecule has 0 N–H and O–H groups in total. The molecular formula is C14H20BrN. The van der Waals surface area contributed by atoms with Gasteiger partial charge in [0.15, 0.2) is 0 Å². The maximum atomic E-state index is 4.48. The second-order valence-electron chi connectivity index (χ2n) is 5.06. The third kappa shape index (κ3) is 2.65. The molecule has 2 heteroatoms. The van der Waals surface area contributed by atoms with Crippen LogP contribution in [0, 0.1) is 18.8 Å². The molecule has 1 aromatic heterocycles. The van der Waals surface area contributed by atoms with Gasteiger partial charge in [-0.05, 0) is 36.8 Å². The number of hydrogen-bond donors (Lipinski definition) is 0. The van der Waals surface area contributed by atoms with Crippen LogP contribution >= 0.6 is 15.9 Å². The Labute approximate surface area is 107 Å². The van der Waals surface area contributed by atoms with Crippen molar-refractivity contribution in [3.63, 3.8) is 0 Å². The van der Waals surface area contributed by atoms with Crippen LogP contribution in [0.25, 0.3) is 0 Å². The highest BCUT2D eigenvalue weighted by Crippen LogP contribution is 2.37. The molecule has 1 aliphatic rings. The first-order valence-electron chi connectivity index (χ1n) is 6.23. The van der Waals surface area contributed by atoms with Gasteiger partial charge in [0.05, 0.1) is 0 Å². The maximum Gasteiger partial charge on any atom is 0.0443 e. The molecule has 0 bridgehead atoms. The Balaban J connectivity index is 2.02. The number of rotatable bonds is 3. The molecule has 1 saturated carbocycles. The molecule has 0 spiro atoms. The number of aromatic nitrogens is 1. The van der Waals surface area contributed by atoms with Crippen molar-refractivity contribution in [1.29, 1.82) is 0 Å². The molecule has 3 unspecified atom stereocenters. The minimum absolute atomic E-state index is 0.596. The molecule has 1 aromatic rings. The Hall–Kier alpha value is -0.370. The molecule has 0 aromatic carbocycles. The van der Waals surface area contributed by atoms with Gasteiger partial charge in [0, 0.05) is 23.1 Å². The van der Waals surface area contributed by atoms with E-state index in [1.165, 1.54) is 30.5 Å². The van der Waals surface area contributed by atoms with Crippen molar-refractivity contribution in [2.45, 2.75) is 44.4 Å². The van der Waals surface area contributed by atoms with Crippen molar-refractivity contribution in [2.75, 3.05) is 0 Å². The predicted molar refractivity (Wildman–Crippen MR) is 71.9 cm³/mol. The Kier molecular flexibility index (Phi) is 4.01. The Morgan fingerprint density at radius 3 is 2.94 bits per heavy atom. The molecule has 88 valence electrons. The van der Waals surface area contributed by atoms with E-state index in [1.807, 2.05) is 12.3 Å². The fourth-order valence-electron chi connectivity index (χ4n) is 2.78. The molecular weight excluding hydrogens is 262 g/mol. The van der Waals surface area contributed by atoms with Crippen molar-refractivity contribution in [3.05, 3.63) is 29.6 Å². The van der Waals surface area contributed by atoms with Gasteiger partial charge in [-0.25, -0.2) is 0 Å². The van der Waals surface area contributed by atoms with Crippen LogP contribution in [0.5, 0.6) is 0 Å². The van der Waals surface area contributed by atoms with Gasteiger partial charge in [-0.2, -0.15) is 0 Å². The summed E-state index contributed by atoms with van der Waals surface area (Å²) in [7, 11) is 0. The zero-order valence-corrected chi connectivity index (χ0v) is 11.7. The second-order valence-corrected chi connectivity index (χ2v) is 6.24. The highest BCUT2D eigenvalue weighted by Gasteiger charge is 2.29. The van der Waals surface area contributed by atoms with Crippen molar-refractivity contribution in [1.82, 2.24) is 4.98 Å². The van der Waals surface area contributed by atoms with E-state index in [2.05, 4.69) is 40.8 Å². The summed E-state index contributed by atoms with van der Waals surface area (Å²) < 4.78 is 0. The van der Waals surface area contributed by atoms with Crippen LogP contribution in [-0.2, 0) is 6.42 Å². The quantitative estimate of drug-likeness (QED) is 0.759. The zero-order valence-electron chi connectivity index (χ0n) is 10.1. The standard InChI is InChI=1S/C14H20BrN/c1-10-5-3-7-12(10)13(15)9-14-11(2)6-4-8-16-14/h4,6,8,10,12-13H,3,5,7,9H2,1-2H3. The molecule has 16 heavy (non-hydrogen) atoms. The van der Waals surface area contributed by atoms with Crippen molar-refractivity contribution in [3.8, 4) is 0 Å². The summed E-state index contributed by atoms with van der Waals surface area (Å²) in [5, 5.41) is 0. The fraction of sp³-hybridized carbons (Fsp3) is 0.643. The average molecular weight is 282 g/mol. The molecule has 0 radical (unpaired) electrons. The number of aryl methyl sites for hydroxylation is 1. The lowest BCUT2D eigenvalue weighted by Crippen LogP contribution is -2.20. The largest absolute Gasteiger partial charge is 0.261 e. The lowest BCUT2D eigenvalue weighted by molar-refractivity contribution is 0.405. The number of hydrogen-bond acceptors (Lipinski definition) is 1. The van der Waals surface area contributed by atoms with E-state index in [1.54, 1.807) is 0 Å². The monoisotopic (exact) mass is 281 g/mol. The Morgan fingerprint density at radius 1 is 1.50 bits per heavy atom. The van der Waals surface area contributed by atoms with E-state index in [4.69, 9.17) is 0 Å². The average Bonchev–Trinajstić information content (AvgIpc) is 2.68. The van der Waals surface area contributed by atoms with E-state index in [0.29, 0.717) is 4.83 Å². The summed E-state index contributed by atoms with van der Waals surface area (Å²) in [5.74, 6) is 1.70. The second kappa shape index (κ2) is 5.31. The van der Waals surface area contributed by atoms with Crippen molar-refractivity contribution in [2.24, 2.45) is 11.8 Å². The summed E-state index contributed by atoms with van der Waals surface area (Å²) in [6.07, 6.45) is 7.15. The van der Waals surface area contributed by atoms with Crippen LogP contribution < -0.4 is 0 Å². The molecule has 1 nitrogen and oxygen atoms in total. The van der Waals surface area contributed by atoms with Crippen LogP contribution in [0.3, 0.4) is 0 Å². The van der Waals surface area contributed by atoms with Crippen LogP contribution in [0.1, 0.15) is 37.4 Å². The van der Waals surface area contributed by atoms with Crippen LogP contribution in [-0.4, -0.2) is 9.81 Å². The van der Waals surface area contributed by atoms with E-state index in [-0.39, 0.29) is 0 Å². The molecule has 0 aliphatic heterocycles. The maximum absolute atomic E-state index is 4.48. The highest BCUT2D eigenvalue weighted by molar-refractivity contribution is 9.09. The van der Waals surface area contributed by atoms with Gasteiger partial charge in [0.25, 0.3) is 0 Å². The summed E-state index contributed by atoms with van der Waals surface area (Å²) in [6.45, 7) is 4.54. The minimum Gasteiger partial charge on any atom is -0.261 e. The van der Waals surface area contributed by atoms with Gasteiger partial charge in [-0.15, -0.1) is 0 Å². The van der Waals surface area contributed by atoms with Crippen molar-refractivity contribution < 1.29 is 0 Å². The highest BCUT2D eigenvalue weighted by atomic mass is 79.9. The first-order valence-corrected chi connectivity index (χ1v) is 7.14. The van der Waals surface area contributed by atoms with E-state index < -0.39 is 0 Å². The Morgan fingerprint density at radius 2 is 2.31 bits per heavy atom. The lowest BCUT2D eigenvalue weighted by atomic mass is 9.91. The summed E-state index contributed by atoms with van der Waals surface area (Å²) >= 11 is 3.88. The number of nitrogens with zero attached hydrogens (tertiary/aromatic N) is 1. The first-order chi connectivity index (χ1) is 7.68. The summed E-state index contributed by atoms with van der Waals surface area (Å²) in [4.78, 5) is 5.08. The van der Waals surface area contributed by atoms with Crippen LogP contribution in [0.2, 0.25) is 0 Å². The van der Waals surface area contributed by atoms with Gasteiger partial charge < -0.3 is 0 Å². The minimum atomic E-state index is 0.596. The van der Waals surface area contributed by atoms with Gasteiger partial charge in [-0.3, -0.25) is 4.98 Å². The topological polar surface area (TPSA) is 12.9 Å². The first kappa shape index (κ1) is 12.1. The number of halogens is 1. The van der Waals surface area contributed by atoms with Crippen molar-refractivity contribution >= 4 is 15.9 Å². The van der Waals surface area contributed by atoms with Gasteiger partial charge in [-0.1, -0.05) is 41.8 Å². The van der Waals surface area contributed by atoms with E-state index in [0.717, 1.165) is 18.3 Å². The Bertz CT molecular complexity index is 350. The zero-order chi connectivity index (χ0) is 11.5. The molecule has 0 saturated heterocycles. The molecule has 1 heterocycles. The molecule has 0 amide bonds. The summed E-state index contributed by atoms with van der Waals surface area (Å²) in [6, 6.07) is 4.17. The molecule has 3 atom stereocenters. The summed E-state index contributed by atoms with van der Waals surface area (Å²) in [5.41, 5.74) is 2.57. The normalized spacial score (nSPS) is 26.9. The fourth-order valence-corrected chi connectivity index (χ4v) is 3.87. The SMILES string of the molecule is Cc1cccnc1CC(Br)C1CCCC1C. The third-order valence-electron chi connectivity index (χ3n) is 3.90. The van der Waals surface area contributed by atoms with Crippen LogP contribution in [0.15, 0.2) is 18.3 Å². The number of alkyl halides is 1. The van der Waals surface area contributed by atoms with Crippen LogP contribution in [0.4, 0.5) is 0 Å². The van der Waals surface area contributed by atoms with Gasteiger partial charge in [0.2, 0.25) is 0 Å².